The number of imide groups is 1. The second-order valence-corrected chi connectivity index (χ2v) is 9.76. The standard InChI is InChI=1S/C25H18BrClN2O6S/c1-2-34-24(32)18-11-14(3-9-19(18)27)20-10-8-17(35-20)12-21-23(31)29(25(33)36-21)13-22(30)28-16-6-4-15(26)5-7-16/h3-12H,2,13H2,1H3,(H,28,30)/b21-12+. The average molecular weight is 590 g/mol. The highest BCUT2D eigenvalue weighted by atomic mass is 79.9. The van der Waals surface area contributed by atoms with Gasteiger partial charge in [-0.15, -0.1) is 0 Å². The summed E-state index contributed by atoms with van der Waals surface area (Å²) in [7, 11) is 0. The number of furan rings is 1. The minimum absolute atomic E-state index is 0.126. The van der Waals surface area contributed by atoms with Gasteiger partial charge in [-0.1, -0.05) is 27.5 Å². The number of hydrogen-bond donors (Lipinski definition) is 1. The van der Waals surface area contributed by atoms with Crippen LogP contribution in [0.2, 0.25) is 5.02 Å². The maximum absolute atomic E-state index is 12.8. The molecule has 1 saturated heterocycles. The second kappa shape index (κ2) is 11.2. The van der Waals surface area contributed by atoms with Crippen molar-refractivity contribution < 1.29 is 28.3 Å². The van der Waals surface area contributed by atoms with Gasteiger partial charge in [-0.2, -0.15) is 0 Å². The zero-order valence-corrected chi connectivity index (χ0v) is 21.9. The van der Waals surface area contributed by atoms with Crippen molar-refractivity contribution in [1.29, 1.82) is 0 Å². The SMILES string of the molecule is CCOC(=O)c1cc(-c2ccc(/C=C3/SC(=O)N(CC(=O)Nc4ccc(Br)cc4)C3=O)o2)ccc1Cl. The van der Waals surface area contributed by atoms with Gasteiger partial charge in [0, 0.05) is 21.8 Å². The average Bonchev–Trinajstić information content (AvgIpc) is 3.41. The van der Waals surface area contributed by atoms with Crippen LogP contribution >= 0.6 is 39.3 Å². The third kappa shape index (κ3) is 5.89. The predicted octanol–water partition coefficient (Wildman–Crippen LogP) is 6.21. The summed E-state index contributed by atoms with van der Waals surface area (Å²) < 4.78 is 11.7. The number of halogens is 2. The Morgan fingerprint density at radius 2 is 1.89 bits per heavy atom. The molecule has 0 radical (unpaired) electrons. The summed E-state index contributed by atoms with van der Waals surface area (Å²) >= 11 is 10.1. The molecule has 2 heterocycles. The molecule has 1 aliphatic rings. The topological polar surface area (TPSA) is 106 Å². The van der Waals surface area contributed by atoms with E-state index < -0.39 is 29.6 Å². The Labute approximate surface area is 223 Å². The molecule has 1 N–H and O–H groups in total. The van der Waals surface area contributed by atoms with Crippen molar-refractivity contribution in [1.82, 2.24) is 4.90 Å². The first kappa shape index (κ1) is 25.7. The first-order chi connectivity index (χ1) is 17.2. The molecule has 3 amide bonds. The molecule has 36 heavy (non-hydrogen) atoms. The van der Waals surface area contributed by atoms with E-state index in [9.17, 15) is 19.2 Å². The van der Waals surface area contributed by atoms with Crippen LogP contribution in [0.25, 0.3) is 17.4 Å². The molecule has 1 fully saturated rings. The molecule has 0 saturated carbocycles. The number of rotatable bonds is 7. The van der Waals surface area contributed by atoms with Crippen LogP contribution in [-0.4, -0.2) is 41.1 Å². The lowest BCUT2D eigenvalue weighted by Gasteiger charge is -2.12. The summed E-state index contributed by atoms with van der Waals surface area (Å²) in [5, 5.41) is 2.35. The number of thioether (sulfide) groups is 1. The quantitative estimate of drug-likeness (QED) is 0.258. The van der Waals surface area contributed by atoms with Gasteiger partial charge >= 0.3 is 5.97 Å². The monoisotopic (exact) mass is 588 g/mol. The van der Waals surface area contributed by atoms with Crippen LogP contribution in [0.5, 0.6) is 0 Å². The summed E-state index contributed by atoms with van der Waals surface area (Å²) in [5.41, 5.74) is 1.33. The maximum Gasteiger partial charge on any atom is 0.339 e. The minimum Gasteiger partial charge on any atom is -0.462 e. The normalized spacial score (nSPS) is 14.4. The molecule has 0 spiro atoms. The van der Waals surface area contributed by atoms with Gasteiger partial charge in [0.15, 0.2) is 0 Å². The molecule has 0 bridgehead atoms. The van der Waals surface area contributed by atoms with Gasteiger partial charge in [0.1, 0.15) is 18.1 Å². The highest BCUT2D eigenvalue weighted by Crippen LogP contribution is 2.34. The van der Waals surface area contributed by atoms with E-state index in [0.717, 1.165) is 21.1 Å². The number of esters is 1. The van der Waals surface area contributed by atoms with E-state index >= 15 is 0 Å². The van der Waals surface area contributed by atoms with Crippen LogP contribution in [0.3, 0.4) is 0 Å². The molecule has 0 aliphatic carbocycles. The number of benzene rings is 2. The number of nitrogens with zero attached hydrogens (tertiary/aromatic N) is 1. The fourth-order valence-electron chi connectivity index (χ4n) is 3.27. The molecule has 1 aromatic heterocycles. The van der Waals surface area contributed by atoms with E-state index in [1.165, 1.54) is 6.08 Å². The second-order valence-electron chi connectivity index (χ2n) is 7.44. The number of carbonyl (C=O) groups excluding carboxylic acids is 4. The number of amides is 3. The zero-order valence-electron chi connectivity index (χ0n) is 18.7. The van der Waals surface area contributed by atoms with Crippen LogP contribution in [0.15, 0.2) is 68.4 Å². The van der Waals surface area contributed by atoms with Gasteiger partial charge < -0.3 is 14.5 Å². The lowest BCUT2D eigenvalue weighted by Crippen LogP contribution is -2.36. The van der Waals surface area contributed by atoms with Crippen LogP contribution < -0.4 is 5.32 Å². The summed E-state index contributed by atoms with van der Waals surface area (Å²) in [6.45, 7) is 1.50. The minimum atomic E-state index is -0.593. The summed E-state index contributed by atoms with van der Waals surface area (Å²) in [4.78, 5) is 50.6. The van der Waals surface area contributed by atoms with E-state index in [-0.39, 0.29) is 22.1 Å². The maximum atomic E-state index is 12.8. The molecule has 2 aromatic carbocycles. The fourth-order valence-corrected chi connectivity index (χ4v) is 4.55. The molecule has 4 rings (SSSR count). The third-order valence-corrected chi connectivity index (χ3v) is 6.72. The van der Waals surface area contributed by atoms with Gasteiger partial charge in [-0.05, 0) is 73.3 Å². The van der Waals surface area contributed by atoms with Crippen LogP contribution in [0.4, 0.5) is 10.5 Å². The van der Waals surface area contributed by atoms with E-state index in [0.29, 0.717) is 22.8 Å². The number of nitrogens with one attached hydrogen (secondary N) is 1. The first-order valence-electron chi connectivity index (χ1n) is 10.6. The van der Waals surface area contributed by atoms with E-state index in [1.807, 2.05) is 0 Å². The lowest BCUT2D eigenvalue weighted by atomic mass is 10.1. The lowest BCUT2D eigenvalue weighted by molar-refractivity contribution is -0.127. The molecule has 184 valence electrons. The molecule has 0 unspecified atom stereocenters. The van der Waals surface area contributed by atoms with Crippen LogP contribution in [-0.2, 0) is 14.3 Å². The van der Waals surface area contributed by atoms with Gasteiger partial charge in [0.25, 0.3) is 11.1 Å². The van der Waals surface area contributed by atoms with E-state index in [1.54, 1.807) is 61.5 Å². The molecule has 11 heteroatoms. The smallest absolute Gasteiger partial charge is 0.339 e. The fraction of sp³-hybridized carbons (Fsp3) is 0.120. The summed E-state index contributed by atoms with van der Waals surface area (Å²) in [5.74, 6) is -0.890. The zero-order chi connectivity index (χ0) is 25.8. The molecule has 8 nitrogen and oxygen atoms in total. The van der Waals surface area contributed by atoms with Crippen molar-refractivity contribution in [3.63, 3.8) is 0 Å². The van der Waals surface area contributed by atoms with Gasteiger partial charge in [-0.25, -0.2) is 4.79 Å². The number of hydrogen-bond acceptors (Lipinski definition) is 7. The molecule has 1 aliphatic heterocycles. The van der Waals surface area contributed by atoms with Crippen molar-refractivity contribution in [2.45, 2.75) is 6.92 Å². The Morgan fingerprint density at radius 3 is 2.61 bits per heavy atom. The van der Waals surface area contributed by atoms with E-state index in [2.05, 4.69) is 21.2 Å². The van der Waals surface area contributed by atoms with Crippen molar-refractivity contribution in [3.8, 4) is 11.3 Å². The Kier molecular flexibility index (Phi) is 7.97. The van der Waals surface area contributed by atoms with Gasteiger partial charge in [-0.3, -0.25) is 19.3 Å². The highest BCUT2D eigenvalue weighted by molar-refractivity contribution is 9.10. The predicted molar refractivity (Wildman–Crippen MR) is 141 cm³/mol. The first-order valence-corrected chi connectivity index (χ1v) is 12.6. The molecular formula is C25H18BrClN2O6S. The number of anilines is 1. The molecular weight excluding hydrogens is 572 g/mol. The summed E-state index contributed by atoms with van der Waals surface area (Å²) in [6.07, 6.45) is 1.43. The van der Waals surface area contributed by atoms with Crippen LogP contribution in [0, 0.1) is 0 Å². The van der Waals surface area contributed by atoms with Crippen molar-refractivity contribution in [3.05, 3.63) is 80.3 Å². The number of ether oxygens (including phenoxy) is 1. The number of carbonyl (C=O) groups is 4. The molecule has 0 atom stereocenters. The largest absolute Gasteiger partial charge is 0.462 e. The third-order valence-electron chi connectivity index (χ3n) is 4.95. The van der Waals surface area contributed by atoms with E-state index in [4.69, 9.17) is 20.8 Å². The van der Waals surface area contributed by atoms with Crippen molar-refractivity contribution in [2.24, 2.45) is 0 Å². The van der Waals surface area contributed by atoms with Crippen molar-refractivity contribution >= 4 is 74.1 Å². The van der Waals surface area contributed by atoms with Crippen molar-refractivity contribution in [2.75, 3.05) is 18.5 Å². The van der Waals surface area contributed by atoms with Gasteiger partial charge in [0.05, 0.1) is 22.1 Å². The Balaban J connectivity index is 1.46. The Morgan fingerprint density at radius 1 is 1.14 bits per heavy atom. The van der Waals surface area contributed by atoms with Gasteiger partial charge in [0.2, 0.25) is 5.91 Å². The highest BCUT2D eigenvalue weighted by Gasteiger charge is 2.36. The van der Waals surface area contributed by atoms with Crippen LogP contribution in [0.1, 0.15) is 23.0 Å². The Bertz CT molecular complexity index is 1390. The summed E-state index contributed by atoms with van der Waals surface area (Å²) in [6, 6.07) is 15.0. The Hall–Kier alpha value is -3.34. The molecule has 3 aromatic rings.